The van der Waals surface area contributed by atoms with Gasteiger partial charge in [-0.15, -0.1) is 0 Å². The van der Waals surface area contributed by atoms with Crippen LogP contribution in [0.1, 0.15) is 52.8 Å². The zero-order chi connectivity index (χ0) is 20.6. The minimum atomic E-state index is -1.05. The number of hydrogen-bond donors (Lipinski definition) is 1. The summed E-state index contributed by atoms with van der Waals surface area (Å²) in [7, 11) is 0. The fourth-order valence-electron chi connectivity index (χ4n) is 2.16. The summed E-state index contributed by atoms with van der Waals surface area (Å²) in [6, 6.07) is 2.09. The van der Waals surface area contributed by atoms with Gasteiger partial charge in [-0.2, -0.15) is 14.9 Å². The fourth-order valence-corrected chi connectivity index (χ4v) is 2.52. The van der Waals surface area contributed by atoms with Crippen molar-refractivity contribution < 1.29 is 19.1 Å². The quantitative estimate of drug-likeness (QED) is 0.721. The normalized spacial score (nSPS) is 11.8. The van der Waals surface area contributed by atoms with Crippen molar-refractivity contribution in [2.45, 2.75) is 52.6 Å². The average molecular weight is 438 g/mol. The lowest BCUT2D eigenvalue weighted by Crippen LogP contribution is -2.38. The molecule has 2 aromatic heterocycles. The third-order valence-electron chi connectivity index (χ3n) is 3.17. The molecule has 0 aliphatic carbocycles. The van der Waals surface area contributed by atoms with E-state index in [0.29, 0.717) is 10.2 Å². The van der Waals surface area contributed by atoms with E-state index in [4.69, 9.17) is 9.47 Å². The summed E-state index contributed by atoms with van der Waals surface area (Å²) >= 11 is 3.24. The lowest BCUT2D eigenvalue weighted by atomic mass is 9.90. The van der Waals surface area contributed by atoms with E-state index in [1.54, 1.807) is 20.8 Å². The van der Waals surface area contributed by atoms with Crippen molar-refractivity contribution in [1.82, 2.24) is 19.9 Å². The predicted molar refractivity (Wildman–Crippen MR) is 99.5 cm³/mol. The van der Waals surface area contributed by atoms with Crippen LogP contribution in [0.15, 0.2) is 10.7 Å². The van der Waals surface area contributed by atoms with Crippen LogP contribution >= 0.6 is 15.9 Å². The van der Waals surface area contributed by atoms with Crippen molar-refractivity contribution in [3.8, 4) is 11.9 Å². The van der Waals surface area contributed by atoms with Crippen LogP contribution < -0.4 is 10.1 Å². The van der Waals surface area contributed by atoms with Gasteiger partial charge >= 0.3 is 12.2 Å². The number of carbonyl (C=O) groups excluding carboxylic acids is 2. The lowest BCUT2D eigenvalue weighted by Gasteiger charge is -2.19. The second-order valence-electron chi connectivity index (χ2n) is 7.75. The maximum absolute atomic E-state index is 12.1. The van der Waals surface area contributed by atoms with E-state index in [1.807, 2.05) is 26.1 Å². The standard InChI is InChI=1S/C17H20BrN5O4/c1-16(2,3)11-9(7-19)12-20-8-10(18)13(23(12)22-11)26-14(24)21-15(25)27-17(4,5)6/h8H,1-6H3,(H,21,24,25). The van der Waals surface area contributed by atoms with E-state index in [0.717, 1.165) is 0 Å². The van der Waals surface area contributed by atoms with Gasteiger partial charge in [-0.25, -0.2) is 19.9 Å². The molecule has 1 N–H and O–H groups in total. The molecule has 144 valence electrons. The summed E-state index contributed by atoms with van der Waals surface area (Å²) in [5, 5.41) is 15.9. The number of alkyl carbamates (subject to hydrolysis) is 1. The molecule has 0 aliphatic rings. The van der Waals surface area contributed by atoms with Crippen molar-refractivity contribution >= 4 is 33.8 Å². The molecule has 0 radical (unpaired) electrons. The highest BCUT2D eigenvalue weighted by atomic mass is 79.9. The molecule has 9 nitrogen and oxygen atoms in total. The van der Waals surface area contributed by atoms with Gasteiger partial charge in [-0.1, -0.05) is 20.8 Å². The molecule has 0 aromatic carbocycles. The topological polar surface area (TPSA) is 119 Å². The predicted octanol–water partition coefficient (Wildman–Crippen LogP) is 3.68. The molecule has 2 aromatic rings. The molecule has 2 amide bonds. The highest BCUT2D eigenvalue weighted by Crippen LogP contribution is 2.31. The van der Waals surface area contributed by atoms with Crippen molar-refractivity contribution in [3.05, 3.63) is 21.9 Å². The maximum atomic E-state index is 12.1. The molecule has 10 heteroatoms. The van der Waals surface area contributed by atoms with Crippen LogP contribution in [0.25, 0.3) is 5.65 Å². The first kappa shape index (κ1) is 20.6. The number of ether oxygens (including phenoxy) is 2. The monoisotopic (exact) mass is 437 g/mol. The third kappa shape index (κ3) is 4.74. The molecule has 0 saturated carbocycles. The van der Waals surface area contributed by atoms with Gasteiger partial charge in [-0.3, -0.25) is 0 Å². The number of carbonyl (C=O) groups is 2. The SMILES string of the molecule is CC(C)(C)OC(=O)NC(=O)Oc1c(Br)cnc2c(C#N)c(C(C)(C)C)nn12. The van der Waals surface area contributed by atoms with E-state index < -0.39 is 23.2 Å². The molecule has 0 atom stereocenters. The van der Waals surface area contributed by atoms with Gasteiger partial charge in [0.25, 0.3) is 0 Å². The second kappa shape index (κ2) is 7.15. The Hall–Kier alpha value is -2.67. The minimum Gasteiger partial charge on any atom is -0.443 e. The zero-order valence-corrected chi connectivity index (χ0v) is 17.5. The van der Waals surface area contributed by atoms with E-state index in [-0.39, 0.29) is 17.1 Å². The average Bonchev–Trinajstić information content (AvgIpc) is 2.86. The fraction of sp³-hybridized carbons (Fsp3) is 0.471. The molecule has 27 heavy (non-hydrogen) atoms. The second-order valence-corrected chi connectivity index (χ2v) is 8.60. The number of halogens is 1. The van der Waals surface area contributed by atoms with Crippen LogP contribution in [0, 0.1) is 11.3 Å². The number of nitrogens with zero attached hydrogens (tertiary/aromatic N) is 4. The molecular weight excluding hydrogens is 418 g/mol. The number of nitriles is 1. The third-order valence-corrected chi connectivity index (χ3v) is 3.72. The van der Waals surface area contributed by atoms with Crippen molar-refractivity contribution in [2.75, 3.05) is 0 Å². The number of aromatic nitrogens is 3. The summed E-state index contributed by atoms with van der Waals surface area (Å²) < 4.78 is 11.8. The first-order valence-corrected chi connectivity index (χ1v) is 8.82. The number of imide groups is 1. The van der Waals surface area contributed by atoms with Crippen LogP contribution in [0.4, 0.5) is 9.59 Å². The van der Waals surface area contributed by atoms with Gasteiger partial charge < -0.3 is 9.47 Å². The molecule has 0 saturated heterocycles. The van der Waals surface area contributed by atoms with Gasteiger partial charge in [0.2, 0.25) is 5.88 Å². The Morgan fingerprint density at radius 1 is 1.22 bits per heavy atom. The van der Waals surface area contributed by atoms with E-state index in [2.05, 4.69) is 32.1 Å². The van der Waals surface area contributed by atoms with Crippen LogP contribution in [0.2, 0.25) is 0 Å². The van der Waals surface area contributed by atoms with Gasteiger partial charge in [-0.05, 0) is 36.7 Å². The summed E-state index contributed by atoms with van der Waals surface area (Å²) in [5.74, 6) is -0.0203. The molecule has 0 spiro atoms. The summed E-state index contributed by atoms with van der Waals surface area (Å²) in [6.45, 7) is 10.7. The zero-order valence-electron chi connectivity index (χ0n) is 15.9. The van der Waals surface area contributed by atoms with Crippen molar-refractivity contribution in [3.63, 3.8) is 0 Å². The smallest absolute Gasteiger partial charge is 0.423 e. The lowest BCUT2D eigenvalue weighted by molar-refractivity contribution is 0.0532. The molecule has 0 unspecified atom stereocenters. The molecule has 0 fully saturated rings. The Balaban J connectivity index is 2.40. The number of amides is 2. The Labute approximate surface area is 164 Å². The Kier molecular flexibility index (Phi) is 5.47. The molecular formula is C17H20BrN5O4. The summed E-state index contributed by atoms with van der Waals surface area (Å²) in [6.07, 6.45) is -0.605. The summed E-state index contributed by atoms with van der Waals surface area (Å²) in [4.78, 5) is 28.0. The van der Waals surface area contributed by atoms with Gasteiger partial charge in [0.05, 0.1) is 10.2 Å². The first-order chi connectivity index (χ1) is 12.3. The maximum Gasteiger partial charge on any atom is 0.423 e. The molecule has 0 bridgehead atoms. The number of rotatable bonds is 1. The van der Waals surface area contributed by atoms with Gasteiger partial charge in [0, 0.05) is 11.6 Å². The van der Waals surface area contributed by atoms with Crippen LogP contribution in [-0.2, 0) is 10.2 Å². The Morgan fingerprint density at radius 3 is 2.37 bits per heavy atom. The highest BCUT2D eigenvalue weighted by molar-refractivity contribution is 9.10. The van der Waals surface area contributed by atoms with E-state index in [1.165, 1.54) is 10.7 Å². The van der Waals surface area contributed by atoms with Crippen LogP contribution in [0.5, 0.6) is 5.88 Å². The minimum absolute atomic E-state index is 0.0203. The molecule has 2 heterocycles. The Morgan fingerprint density at radius 2 is 1.85 bits per heavy atom. The number of hydrogen-bond acceptors (Lipinski definition) is 7. The summed E-state index contributed by atoms with van der Waals surface area (Å²) in [5.41, 5.74) is -0.160. The van der Waals surface area contributed by atoms with Crippen molar-refractivity contribution in [1.29, 1.82) is 5.26 Å². The first-order valence-electron chi connectivity index (χ1n) is 8.03. The molecule has 2 rings (SSSR count). The number of nitrogens with one attached hydrogen (secondary N) is 1. The van der Waals surface area contributed by atoms with Crippen molar-refractivity contribution in [2.24, 2.45) is 0 Å². The van der Waals surface area contributed by atoms with Crippen LogP contribution in [0.3, 0.4) is 0 Å². The van der Waals surface area contributed by atoms with E-state index in [9.17, 15) is 14.9 Å². The van der Waals surface area contributed by atoms with E-state index >= 15 is 0 Å². The number of fused-ring (bicyclic) bond motifs is 1. The molecule has 0 aliphatic heterocycles. The van der Waals surface area contributed by atoms with Crippen LogP contribution in [-0.4, -0.2) is 32.4 Å². The van der Waals surface area contributed by atoms with Gasteiger partial charge in [0.15, 0.2) is 5.65 Å². The largest absolute Gasteiger partial charge is 0.443 e. The highest BCUT2D eigenvalue weighted by Gasteiger charge is 2.28. The Bertz CT molecular complexity index is 947. The van der Waals surface area contributed by atoms with Gasteiger partial charge in [0.1, 0.15) is 17.2 Å².